The van der Waals surface area contributed by atoms with Crippen molar-refractivity contribution >= 4 is 5.91 Å². The van der Waals surface area contributed by atoms with Crippen LogP contribution in [0.3, 0.4) is 0 Å². The van der Waals surface area contributed by atoms with Crippen molar-refractivity contribution in [3.8, 4) is 0 Å². The van der Waals surface area contributed by atoms with Crippen LogP contribution in [0.1, 0.15) is 34.1 Å². The van der Waals surface area contributed by atoms with Gasteiger partial charge in [-0.15, -0.1) is 0 Å². The van der Waals surface area contributed by atoms with Crippen molar-refractivity contribution < 1.29 is 9.90 Å². The minimum Gasteiger partial charge on any atom is -0.394 e. The molecule has 0 aromatic carbocycles. The van der Waals surface area contributed by atoms with Crippen LogP contribution in [0.5, 0.6) is 0 Å². The van der Waals surface area contributed by atoms with Crippen molar-refractivity contribution in [1.29, 1.82) is 0 Å². The van der Waals surface area contributed by atoms with E-state index in [1.165, 1.54) is 0 Å². The fourth-order valence-corrected chi connectivity index (χ4v) is 2.27. The zero-order chi connectivity index (χ0) is 12.3. The Kier molecular flexibility index (Phi) is 4.33. The van der Waals surface area contributed by atoms with Gasteiger partial charge in [-0.25, -0.2) is 0 Å². The molecule has 0 radical (unpaired) electrons. The topological polar surface area (TPSA) is 52.6 Å². The molecule has 1 aliphatic rings. The van der Waals surface area contributed by atoms with Crippen LogP contribution in [-0.2, 0) is 4.79 Å². The third-order valence-electron chi connectivity index (χ3n) is 3.23. The molecule has 0 saturated carbocycles. The van der Waals surface area contributed by atoms with Gasteiger partial charge in [-0.3, -0.25) is 9.69 Å². The van der Waals surface area contributed by atoms with Gasteiger partial charge >= 0.3 is 0 Å². The van der Waals surface area contributed by atoms with Crippen molar-refractivity contribution in [2.75, 3.05) is 19.7 Å². The first-order chi connectivity index (χ1) is 7.38. The fraction of sp³-hybridized carbons (Fsp3) is 0.917. The first-order valence-electron chi connectivity index (χ1n) is 6.04. The Bertz CT molecular complexity index is 251. The van der Waals surface area contributed by atoms with E-state index in [0.29, 0.717) is 12.5 Å². The van der Waals surface area contributed by atoms with Crippen LogP contribution < -0.4 is 5.32 Å². The maximum Gasteiger partial charge on any atom is 0.239 e. The van der Waals surface area contributed by atoms with Crippen molar-refractivity contribution in [2.24, 2.45) is 5.92 Å². The molecule has 1 fully saturated rings. The molecule has 0 aliphatic carbocycles. The Hall–Kier alpha value is -0.610. The van der Waals surface area contributed by atoms with E-state index in [-0.39, 0.29) is 18.1 Å². The lowest BCUT2D eigenvalue weighted by molar-refractivity contribution is -0.129. The first-order valence-corrected chi connectivity index (χ1v) is 6.04. The maximum absolute atomic E-state index is 11.8. The Balaban J connectivity index is 2.92. The van der Waals surface area contributed by atoms with Crippen LogP contribution in [0.4, 0.5) is 0 Å². The number of carbonyl (C=O) groups is 1. The largest absolute Gasteiger partial charge is 0.394 e. The second-order valence-electron chi connectivity index (χ2n) is 5.60. The summed E-state index contributed by atoms with van der Waals surface area (Å²) in [7, 11) is 0. The minimum atomic E-state index is -0.403. The zero-order valence-electron chi connectivity index (χ0n) is 10.8. The van der Waals surface area contributed by atoms with Crippen LogP contribution in [0.2, 0.25) is 0 Å². The van der Waals surface area contributed by atoms with Gasteiger partial charge < -0.3 is 10.4 Å². The smallest absolute Gasteiger partial charge is 0.239 e. The Morgan fingerprint density at radius 3 is 2.69 bits per heavy atom. The van der Waals surface area contributed by atoms with Crippen molar-refractivity contribution in [3.63, 3.8) is 0 Å². The van der Waals surface area contributed by atoms with Crippen LogP contribution in [0.15, 0.2) is 0 Å². The number of rotatable bonds is 3. The summed E-state index contributed by atoms with van der Waals surface area (Å²) in [6.07, 6.45) is 0.919. The van der Waals surface area contributed by atoms with E-state index in [1.54, 1.807) is 0 Å². The lowest BCUT2D eigenvalue weighted by atomic mass is 9.95. The molecule has 1 aliphatic heterocycles. The van der Waals surface area contributed by atoms with Gasteiger partial charge in [0.05, 0.1) is 6.61 Å². The highest BCUT2D eigenvalue weighted by Crippen LogP contribution is 2.25. The molecule has 94 valence electrons. The summed E-state index contributed by atoms with van der Waals surface area (Å²) in [5.41, 5.74) is -0.0448. The number of amides is 1. The third kappa shape index (κ3) is 2.95. The number of carbonyl (C=O) groups excluding carboxylic acids is 1. The first kappa shape index (κ1) is 13.5. The molecule has 2 N–H and O–H groups in total. The number of nitrogens with one attached hydrogen (secondary N) is 1. The average molecular weight is 228 g/mol. The number of aliphatic hydroxyl groups excluding tert-OH is 1. The van der Waals surface area contributed by atoms with Crippen LogP contribution in [-0.4, -0.2) is 47.2 Å². The molecule has 0 spiro atoms. The molecule has 0 aromatic rings. The van der Waals surface area contributed by atoms with Crippen molar-refractivity contribution in [1.82, 2.24) is 10.2 Å². The van der Waals surface area contributed by atoms with Gasteiger partial charge in [0.25, 0.3) is 0 Å². The second-order valence-corrected chi connectivity index (χ2v) is 5.60. The molecule has 1 atom stereocenters. The summed E-state index contributed by atoms with van der Waals surface area (Å²) in [4.78, 5) is 14.0. The molecule has 4 heteroatoms. The molecule has 0 aromatic heterocycles. The predicted octanol–water partition coefficient (Wildman–Crippen LogP) is 0.604. The van der Waals surface area contributed by atoms with E-state index < -0.39 is 6.04 Å². The molecule has 1 rings (SSSR count). The Labute approximate surface area is 98.0 Å². The summed E-state index contributed by atoms with van der Waals surface area (Å²) < 4.78 is 0. The van der Waals surface area contributed by atoms with Gasteiger partial charge in [-0.1, -0.05) is 13.8 Å². The van der Waals surface area contributed by atoms with E-state index in [1.807, 2.05) is 0 Å². The monoisotopic (exact) mass is 228 g/mol. The number of hydrogen-bond acceptors (Lipinski definition) is 3. The third-order valence-corrected chi connectivity index (χ3v) is 3.23. The molecule has 16 heavy (non-hydrogen) atoms. The SMILES string of the molecule is CC(C)CN1C(CO)C(=O)NCCC1(C)C. The summed E-state index contributed by atoms with van der Waals surface area (Å²) in [6.45, 7) is 9.96. The molecule has 4 nitrogen and oxygen atoms in total. The van der Waals surface area contributed by atoms with Gasteiger partial charge in [-0.05, 0) is 26.2 Å². The maximum atomic E-state index is 11.8. The average Bonchev–Trinajstić information content (AvgIpc) is 2.25. The molecule has 1 heterocycles. The standard InChI is InChI=1S/C12H24N2O2/c1-9(2)7-14-10(8-15)11(16)13-6-5-12(14,3)4/h9-10,15H,5-8H2,1-4H3,(H,13,16). The van der Waals surface area contributed by atoms with Crippen LogP contribution in [0, 0.1) is 5.92 Å². The van der Waals surface area contributed by atoms with Crippen LogP contribution >= 0.6 is 0 Å². The highest BCUT2D eigenvalue weighted by molar-refractivity contribution is 5.82. The predicted molar refractivity (Wildman–Crippen MR) is 64.1 cm³/mol. The number of hydrogen-bond donors (Lipinski definition) is 2. The fourth-order valence-electron chi connectivity index (χ4n) is 2.27. The van der Waals surface area contributed by atoms with Crippen molar-refractivity contribution in [3.05, 3.63) is 0 Å². The normalized spacial score (nSPS) is 26.6. The summed E-state index contributed by atoms with van der Waals surface area (Å²) >= 11 is 0. The highest BCUT2D eigenvalue weighted by Gasteiger charge is 2.38. The Morgan fingerprint density at radius 2 is 2.19 bits per heavy atom. The number of nitrogens with zero attached hydrogens (tertiary/aromatic N) is 1. The van der Waals surface area contributed by atoms with Gasteiger partial charge in [-0.2, -0.15) is 0 Å². The van der Waals surface area contributed by atoms with Gasteiger partial charge in [0.2, 0.25) is 5.91 Å². The highest BCUT2D eigenvalue weighted by atomic mass is 16.3. The van der Waals surface area contributed by atoms with Gasteiger partial charge in [0.1, 0.15) is 6.04 Å². The van der Waals surface area contributed by atoms with Gasteiger partial charge in [0.15, 0.2) is 0 Å². The number of aliphatic hydroxyl groups is 1. The minimum absolute atomic E-state index is 0.0448. The van der Waals surface area contributed by atoms with Crippen LogP contribution in [0.25, 0.3) is 0 Å². The molecule has 1 saturated heterocycles. The van der Waals surface area contributed by atoms with E-state index in [2.05, 4.69) is 37.9 Å². The van der Waals surface area contributed by atoms with Crippen molar-refractivity contribution in [2.45, 2.75) is 45.7 Å². The lowest BCUT2D eigenvalue weighted by Gasteiger charge is -2.41. The molecule has 0 bridgehead atoms. The van der Waals surface area contributed by atoms with Gasteiger partial charge in [0, 0.05) is 18.6 Å². The van der Waals surface area contributed by atoms with E-state index >= 15 is 0 Å². The Morgan fingerprint density at radius 1 is 1.56 bits per heavy atom. The lowest BCUT2D eigenvalue weighted by Crippen LogP contribution is -2.55. The zero-order valence-corrected chi connectivity index (χ0v) is 10.8. The molecular weight excluding hydrogens is 204 g/mol. The van der Waals surface area contributed by atoms with E-state index in [9.17, 15) is 9.90 Å². The quantitative estimate of drug-likeness (QED) is 0.744. The summed E-state index contributed by atoms with van der Waals surface area (Å²) in [6, 6.07) is -0.403. The molecular formula is C12H24N2O2. The second kappa shape index (κ2) is 5.15. The summed E-state index contributed by atoms with van der Waals surface area (Å²) in [5.74, 6) is 0.438. The molecule has 1 unspecified atom stereocenters. The van der Waals surface area contributed by atoms with E-state index in [0.717, 1.165) is 13.0 Å². The van der Waals surface area contributed by atoms with E-state index in [4.69, 9.17) is 0 Å². The molecule has 1 amide bonds. The summed E-state index contributed by atoms with van der Waals surface area (Å²) in [5, 5.41) is 12.3.